The van der Waals surface area contributed by atoms with Crippen LogP contribution < -0.4 is 10.1 Å². The first kappa shape index (κ1) is 14.1. The number of rotatable bonds is 4. The maximum Gasteiger partial charge on any atom is 0.140 e. The Balaban J connectivity index is 2.47. The van der Waals surface area contributed by atoms with Gasteiger partial charge in [0.25, 0.3) is 0 Å². The highest BCUT2D eigenvalue weighted by molar-refractivity contribution is 9.10. The van der Waals surface area contributed by atoms with Gasteiger partial charge in [0.2, 0.25) is 0 Å². The second-order valence-corrected chi connectivity index (χ2v) is 5.20. The summed E-state index contributed by atoms with van der Waals surface area (Å²) in [5.74, 6) is 1.84. The van der Waals surface area contributed by atoms with Crippen molar-refractivity contribution >= 4 is 15.9 Å². The highest BCUT2D eigenvalue weighted by Crippen LogP contribution is 2.28. The zero-order chi connectivity index (χ0) is 14.0. The van der Waals surface area contributed by atoms with E-state index in [9.17, 15) is 0 Å². The van der Waals surface area contributed by atoms with Crippen molar-refractivity contribution in [2.24, 2.45) is 7.05 Å². The van der Waals surface area contributed by atoms with Crippen molar-refractivity contribution in [2.45, 2.75) is 13.5 Å². The minimum Gasteiger partial charge on any atom is -0.496 e. The van der Waals surface area contributed by atoms with Gasteiger partial charge in [-0.05, 0) is 53.7 Å². The Bertz CT molecular complexity index is 593. The molecule has 0 atom stereocenters. The van der Waals surface area contributed by atoms with E-state index in [0.717, 1.165) is 39.5 Å². The number of nitrogens with zero attached hydrogens (tertiary/aromatic N) is 2. The van der Waals surface area contributed by atoms with Crippen molar-refractivity contribution in [2.75, 3.05) is 14.2 Å². The smallest absolute Gasteiger partial charge is 0.140 e. The number of aromatic nitrogens is 2. The molecule has 0 aliphatic carbocycles. The van der Waals surface area contributed by atoms with Gasteiger partial charge < -0.3 is 14.6 Å². The maximum absolute atomic E-state index is 5.29. The van der Waals surface area contributed by atoms with Crippen molar-refractivity contribution in [3.8, 4) is 17.1 Å². The molecule has 0 saturated heterocycles. The molecule has 0 aliphatic heterocycles. The van der Waals surface area contributed by atoms with E-state index in [4.69, 9.17) is 4.74 Å². The molecule has 5 heteroatoms. The van der Waals surface area contributed by atoms with E-state index >= 15 is 0 Å². The van der Waals surface area contributed by atoms with Crippen LogP contribution in [0.25, 0.3) is 11.4 Å². The van der Waals surface area contributed by atoms with E-state index in [1.54, 1.807) is 7.11 Å². The van der Waals surface area contributed by atoms with Gasteiger partial charge in [0, 0.05) is 19.2 Å². The number of benzene rings is 1. The van der Waals surface area contributed by atoms with Gasteiger partial charge in [0.15, 0.2) is 0 Å². The molecule has 0 fully saturated rings. The van der Waals surface area contributed by atoms with Gasteiger partial charge in [0.05, 0.1) is 12.8 Å². The SMILES string of the molecule is CNCc1nc(-c2ccc(OC)c(C)c2)n(C)c1Br. The third kappa shape index (κ3) is 2.67. The van der Waals surface area contributed by atoms with E-state index in [2.05, 4.69) is 32.3 Å². The molecule has 1 N–H and O–H groups in total. The predicted molar refractivity (Wildman–Crippen MR) is 80.4 cm³/mol. The quantitative estimate of drug-likeness (QED) is 0.940. The van der Waals surface area contributed by atoms with Crippen LogP contribution in [0.15, 0.2) is 22.8 Å². The molecule has 0 radical (unpaired) electrons. The summed E-state index contributed by atoms with van der Waals surface area (Å²) in [5.41, 5.74) is 3.20. The summed E-state index contributed by atoms with van der Waals surface area (Å²) < 4.78 is 8.34. The predicted octanol–water partition coefficient (Wildman–Crippen LogP) is 2.89. The zero-order valence-electron chi connectivity index (χ0n) is 11.6. The van der Waals surface area contributed by atoms with Crippen molar-refractivity contribution in [1.82, 2.24) is 14.9 Å². The molecule has 1 aromatic carbocycles. The average molecular weight is 324 g/mol. The Hall–Kier alpha value is -1.33. The van der Waals surface area contributed by atoms with Crippen LogP contribution in [0.2, 0.25) is 0 Å². The topological polar surface area (TPSA) is 39.1 Å². The lowest BCUT2D eigenvalue weighted by atomic mass is 10.1. The normalized spacial score (nSPS) is 10.8. The number of hydrogen-bond acceptors (Lipinski definition) is 3. The Kier molecular flexibility index (Phi) is 4.27. The molecule has 0 bridgehead atoms. The fourth-order valence-corrected chi connectivity index (χ4v) is 2.49. The standard InChI is InChI=1S/C14H18BrN3O/c1-9-7-10(5-6-12(9)19-4)14-17-11(8-16-2)13(15)18(14)3/h5-7,16H,8H2,1-4H3. The molecule has 102 valence electrons. The van der Waals surface area contributed by atoms with Crippen LogP contribution in [-0.4, -0.2) is 23.7 Å². The summed E-state index contributed by atoms with van der Waals surface area (Å²) in [6.07, 6.45) is 0. The van der Waals surface area contributed by atoms with Crippen molar-refractivity contribution in [3.05, 3.63) is 34.1 Å². The summed E-state index contributed by atoms with van der Waals surface area (Å²) in [7, 11) is 5.61. The van der Waals surface area contributed by atoms with Gasteiger partial charge in [-0.2, -0.15) is 0 Å². The van der Waals surface area contributed by atoms with E-state index in [-0.39, 0.29) is 0 Å². The number of hydrogen-bond donors (Lipinski definition) is 1. The van der Waals surface area contributed by atoms with Gasteiger partial charge in [0.1, 0.15) is 16.2 Å². The molecule has 1 heterocycles. The van der Waals surface area contributed by atoms with Crippen LogP contribution in [0.4, 0.5) is 0 Å². The molecule has 2 rings (SSSR count). The lowest BCUT2D eigenvalue weighted by molar-refractivity contribution is 0.412. The fourth-order valence-electron chi connectivity index (χ4n) is 2.09. The zero-order valence-corrected chi connectivity index (χ0v) is 13.2. The minimum atomic E-state index is 0.740. The van der Waals surface area contributed by atoms with E-state index in [1.165, 1.54) is 0 Å². The summed E-state index contributed by atoms with van der Waals surface area (Å²) in [5, 5.41) is 3.12. The molecule has 0 aliphatic rings. The molecular weight excluding hydrogens is 306 g/mol. The van der Waals surface area contributed by atoms with Crippen LogP contribution in [0.3, 0.4) is 0 Å². The molecule has 2 aromatic rings. The summed E-state index contributed by atoms with van der Waals surface area (Å²) in [4.78, 5) is 4.68. The number of ether oxygens (including phenoxy) is 1. The van der Waals surface area contributed by atoms with E-state index < -0.39 is 0 Å². The number of nitrogens with one attached hydrogen (secondary N) is 1. The summed E-state index contributed by atoms with van der Waals surface area (Å²) in [6, 6.07) is 6.10. The minimum absolute atomic E-state index is 0.740. The third-order valence-corrected chi connectivity index (χ3v) is 4.08. The Labute approximate surface area is 121 Å². The largest absolute Gasteiger partial charge is 0.496 e. The van der Waals surface area contributed by atoms with Crippen molar-refractivity contribution in [1.29, 1.82) is 0 Å². The third-order valence-electron chi connectivity index (χ3n) is 3.09. The van der Waals surface area contributed by atoms with Crippen LogP contribution >= 0.6 is 15.9 Å². The van der Waals surface area contributed by atoms with Gasteiger partial charge in [-0.1, -0.05) is 0 Å². The van der Waals surface area contributed by atoms with Gasteiger partial charge in [-0.3, -0.25) is 0 Å². The highest BCUT2D eigenvalue weighted by Gasteiger charge is 2.14. The molecular formula is C14H18BrN3O. The fraction of sp³-hybridized carbons (Fsp3) is 0.357. The van der Waals surface area contributed by atoms with Gasteiger partial charge in [-0.15, -0.1) is 0 Å². The first-order valence-corrected chi connectivity index (χ1v) is 6.88. The van der Waals surface area contributed by atoms with Crippen LogP contribution in [0.5, 0.6) is 5.75 Å². The first-order valence-electron chi connectivity index (χ1n) is 6.09. The molecule has 0 spiro atoms. The van der Waals surface area contributed by atoms with Gasteiger partial charge >= 0.3 is 0 Å². The Morgan fingerprint density at radius 2 is 2.16 bits per heavy atom. The lowest BCUT2D eigenvalue weighted by Crippen LogP contribution is -2.05. The molecule has 1 aromatic heterocycles. The number of halogens is 1. The number of imidazole rings is 1. The summed E-state index contributed by atoms with van der Waals surface area (Å²) in [6.45, 7) is 2.78. The Morgan fingerprint density at radius 1 is 1.42 bits per heavy atom. The number of aryl methyl sites for hydroxylation is 1. The molecule has 4 nitrogen and oxygen atoms in total. The van der Waals surface area contributed by atoms with E-state index in [0.29, 0.717) is 0 Å². The second-order valence-electron chi connectivity index (χ2n) is 4.45. The van der Waals surface area contributed by atoms with E-state index in [1.807, 2.05) is 37.7 Å². The highest BCUT2D eigenvalue weighted by atomic mass is 79.9. The van der Waals surface area contributed by atoms with Gasteiger partial charge in [-0.25, -0.2) is 4.98 Å². The van der Waals surface area contributed by atoms with Crippen LogP contribution in [0.1, 0.15) is 11.3 Å². The Morgan fingerprint density at radius 3 is 2.74 bits per heavy atom. The maximum atomic E-state index is 5.29. The monoisotopic (exact) mass is 323 g/mol. The van der Waals surface area contributed by atoms with Crippen LogP contribution in [-0.2, 0) is 13.6 Å². The summed E-state index contributed by atoms with van der Waals surface area (Å²) >= 11 is 3.58. The lowest BCUT2D eigenvalue weighted by Gasteiger charge is -2.07. The average Bonchev–Trinajstić information content (AvgIpc) is 2.67. The van der Waals surface area contributed by atoms with Crippen LogP contribution in [0, 0.1) is 6.92 Å². The number of methoxy groups -OCH3 is 1. The molecule has 0 unspecified atom stereocenters. The first-order chi connectivity index (χ1) is 9.08. The molecule has 0 saturated carbocycles. The van der Waals surface area contributed by atoms with Crippen molar-refractivity contribution < 1.29 is 4.74 Å². The second kappa shape index (κ2) is 5.75. The molecule has 19 heavy (non-hydrogen) atoms. The van der Waals surface area contributed by atoms with Crippen molar-refractivity contribution in [3.63, 3.8) is 0 Å². The molecule has 0 amide bonds.